The number of imidazole rings is 1. The van der Waals surface area contributed by atoms with E-state index >= 15 is 0 Å². The molecule has 4 heteroatoms. The van der Waals surface area contributed by atoms with Crippen molar-refractivity contribution in [3.8, 4) is 0 Å². The van der Waals surface area contributed by atoms with Crippen LogP contribution in [0.5, 0.6) is 0 Å². The van der Waals surface area contributed by atoms with Gasteiger partial charge in [0, 0.05) is 13.0 Å². The van der Waals surface area contributed by atoms with Crippen molar-refractivity contribution in [2.24, 2.45) is 11.3 Å². The zero-order valence-electron chi connectivity index (χ0n) is 12.9. The Balaban J connectivity index is 2.05. The number of hydrogen-bond acceptors (Lipinski definition) is 2. The van der Waals surface area contributed by atoms with Crippen molar-refractivity contribution < 1.29 is 9.90 Å². The Kier molecular flexibility index (Phi) is 3.27. The maximum absolute atomic E-state index is 11.2. The number of hydrogen-bond donors (Lipinski definition) is 1. The van der Waals surface area contributed by atoms with Crippen LogP contribution in [-0.4, -0.2) is 20.6 Å². The summed E-state index contributed by atoms with van der Waals surface area (Å²) < 4.78 is 2.24. The predicted molar refractivity (Wildman–Crippen MR) is 82.6 cm³/mol. The van der Waals surface area contributed by atoms with Gasteiger partial charge in [-0.05, 0) is 42.4 Å². The first-order chi connectivity index (χ1) is 9.92. The molecule has 112 valence electrons. The zero-order valence-corrected chi connectivity index (χ0v) is 12.9. The van der Waals surface area contributed by atoms with Gasteiger partial charge in [0.2, 0.25) is 0 Å². The Morgan fingerprint density at radius 3 is 2.76 bits per heavy atom. The summed E-state index contributed by atoms with van der Waals surface area (Å²) in [5, 5.41) is 9.19. The minimum absolute atomic E-state index is 0.335. The number of aromatic nitrogens is 2. The Bertz CT molecular complexity index is 700. The molecule has 4 nitrogen and oxygen atoms in total. The lowest BCUT2D eigenvalue weighted by Gasteiger charge is -2.10. The molecule has 1 aliphatic rings. The summed E-state index contributed by atoms with van der Waals surface area (Å²) in [6.07, 6.45) is 3.21. The van der Waals surface area contributed by atoms with Crippen molar-refractivity contribution in [3.05, 3.63) is 29.6 Å². The Labute approximate surface area is 124 Å². The van der Waals surface area contributed by atoms with E-state index in [1.165, 1.54) is 6.42 Å². The molecule has 1 aromatic carbocycles. The highest BCUT2D eigenvalue weighted by Gasteiger charge is 2.45. The topological polar surface area (TPSA) is 55.1 Å². The van der Waals surface area contributed by atoms with Crippen LogP contribution in [0.25, 0.3) is 11.0 Å². The van der Waals surface area contributed by atoms with Crippen LogP contribution in [0.15, 0.2) is 18.2 Å². The fraction of sp³-hybridized carbons (Fsp3) is 0.529. The van der Waals surface area contributed by atoms with Crippen LogP contribution in [0.1, 0.15) is 49.8 Å². The Hall–Kier alpha value is -1.84. The average molecular weight is 286 g/mol. The molecular formula is C17H22N2O2. The molecule has 0 bridgehead atoms. The third-order valence-corrected chi connectivity index (χ3v) is 4.67. The number of nitrogens with zero attached hydrogens (tertiary/aromatic N) is 2. The van der Waals surface area contributed by atoms with Crippen LogP contribution in [0.4, 0.5) is 0 Å². The number of carboxylic acid groups (broad SMARTS) is 1. The van der Waals surface area contributed by atoms with Crippen LogP contribution in [0, 0.1) is 11.3 Å². The lowest BCUT2D eigenvalue weighted by atomic mass is 10.1. The molecule has 2 aromatic rings. The van der Waals surface area contributed by atoms with Gasteiger partial charge in [0.15, 0.2) is 0 Å². The highest BCUT2D eigenvalue weighted by Crippen LogP contribution is 2.52. The van der Waals surface area contributed by atoms with E-state index in [4.69, 9.17) is 4.98 Å². The normalized spacial score (nSPS) is 19.9. The molecule has 1 fully saturated rings. The maximum Gasteiger partial charge on any atom is 0.335 e. The molecule has 1 heterocycles. The Morgan fingerprint density at radius 2 is 2.19 bits per heavy atom. The smallest absolute Gasteiger partial charge is 0.335 e. The molecule has 1 aliphatic carbocycles. The number of carboxylic acids is 1. The number of fused-ring (bicyclic) bond motifs is 1. The van der Waals surface area contributed by atoms with E-state index in [9.17, 15) is 9.90 Å². The van der Waals surface area contributed by atoms with E-state index in [0.29, 0.717) is 16.9 Å². The second-order valence-corrected chi connectivity index (χ2v) is 6.79. The highest BCUT2D eigenvalue weighted by atomic mass is 16.4. The molecule has 0 amide bonds. The van der Waals surface area contributed by atoms with Gasteiger partial charge in [0.25, 0.3) is 0 Å². The van der Waals surface area contributed by atoms with E-state index in [1.54, 1.807) is 12.1 Å². The number of carbonyl (C=O) groups is 1. The van der Waals surface area contributed by atoms with Gasteiger partial charge in [-0.3, -0.25) is 0 Å². The summed E-state index contributed by atoms with van der Waals surface area (Å²) in [5.74, 6) is 0.866. The summed E-state index contributed by atoms with van der Waals surface area (Å²) in [6, 6.07) is 5.23. The first kappa shape index (κ1) is 14.1. The van der Waals surface area contributed by atoms with Crippen LogP contribution in [-0.2, 0) is 13.0 Å². The Morgan fingerprint density at radius 1 is 1.48 bits per heavy atom. The first-order valence-corrected chi connectivity index (χ1v) is 7.65. The second kappa shape index (κ2) is 4.86. The minimum atomic E-state index is -0.881. The molecule has 0 spiro atoms. The van der Waals surface area contributed by atoms with Gasteiger partial charge < -0.3 is 9.67 Å². The number of rotatable bonds is 5. The second-order valence-electron chi connectivity index (χ2n) is 6.79. The van der Waals surface area contributed by atoms with Crippen molar-refractivity contribution in [2.75, 3.05) is 0 Å². The number of benzene rings is 1. The van der Waals surface area contributed by atoms with E-state index in [0.717, 1.165) is 36.2 Å². The van der Waals surface area contributed by atoms with Crippen molar-refractivity contribution in [1.82, 2.24) is 9.55 Å². The van der Waals surface area contributed by atoms with E-state index in [1.807, 2.05) is 6.07 Å². The van der Waals surface area contributed by atoms with Crippen molar-refractivity contribution in [3.63, 3.8) is 0 Å². The van der Waals surface area contributed by atoms with Gasteiger partial charge in [-0.2, -0.15) is 0 Å². The molecule has 1 aromatic heterocycles. The van der Waals surface area contributed by atoms with Gasteiger partial charge in [-0.1, -0.05) is 20.8 Å². The lowest BCUT2D eigenvalue weighted by molar-refractivity contribution is 0.0697. The standard InChI is InChI=1S/C17H22N2O2/c1-4-5-15-18-13-7-6-11(16(20)21)8-14(13)19(15)10-12-9-17(12,2)3/h6-8,12H,4-5,9-10H2,1-3H3,(H,20,21). The van der Waals surface area contributed by atoms with Crippen LogP contribution < -0.4 is 0 Å². The van der Waals surface area contributed by atoms with Crippen LogP contribution >= 0.6 is 0 Å². The number of aryl methyl sites for hydroxylation is 1. The molecule has 0 aliphatic heterocycles. The van der Waals surface area contributed by atoms with Gasteiger partial charge in [-0.25, -0.2) is 9.78 Å². The maximum atomic E-state index is 11.2. The molecule has 0 radical (unpaired) electrons. The third kappa shape index (κ3) is 2.55. The van der Waals surface area contributed by atoms with Gasteiger partial charge in [0.05, 0.1) is 16.6 Å². The molecule has 1 atom stereocenters. The van der Waals surface area contributed by atoms with Crippen LogP contribution in [0.2, 0.25) is 0 Å². The fourth-order valence-electron chi connectivity index (χ4n) is 3.03. The summed E-state index contributed by atoms with van der Waals surface area (Å²) in [5.41, 5.74) is 2.61. The predicted octanol–water partition coefficient (Wildman–Crippen LogP) is 3.73. The summed E-state index contributed by atoms with van der Waals surface area (Å²) in [6.45, 7) is 7.67. The van der Waals surface area contributed by atoms with Gasteiger partial charge in [0.1, 0.15) is 5.82 Å². The highest BCUT2D eigenvalue weighted by molar-refractivity contribution is 5.92. The molecule has 1 saturated carbocycles. The molecule has 1 N–H and O–H groups in total. The summed E-state index contributed by atoms with van der Waals surface area (Å²) in [4.78, 5) is 15.9. The van der Waals surface area contributed by atoms with Crippen molar-refractivity contribution >= 4 is 17.0 Å². The van der Waals surface area contributed by atoms with Gasteiger partial charge >= 0.3 is 5.97 Å². The molecule has 0 saturated heterocycles. The minimum Gasteiger partial charge on any atom is -0.478 e. The summed E-state index contributed by atoms with van der Waals surface area (Å²) in [7, 11) is 0. The SMILES string of the molecule is CCCc1nc2ccc(C(=O)O)cc2n1CC1CC1(C)C. The molecule has 1 unspecified atom stereocenters. The fourth-order valence-corrected chi connectivity index (χ4v) is 3.03. The molecule has 3 rings (SSSR count). The van der Waals surface area contributed by atoms with E-state index in [-0.39, 0.29) is 0 Å². The first-order valence-electron chi connectivity index (χ1n) is 7.65. The number of aromatic carboxylic acids is 1. The third-order valence-electron chi connectivity index (χ3n) is 4.67. The quantitative estimate of drug-likeness (QED) is 0.911. The van der Waals surface area contributed by atoms with Crippen LogP contribution in [0.3, 0.4) is 0 Å². The molecule has 21 heavy (non-hydrogen) atoms. The van der Waals surface area contributed by atoms with Gasteiger partial charge in [-0.15, -0.1) is 0 Å². The monoisotopic (exact) mass is 286 g/mol. The van der Waals surface area contributed by atoms with E-state index < -0.39 is 5.97 Å². The largest absolute Gasteiger partial charge is 0.478 e. The van der Waals surface area contributed by atoms with E-state index in [2.05, 4.69) is 25.3 Å². The zero-order chi connectivity index (χ0) is 15.2. The lowest BCUT2D eigenvalue weighted by Crippen LogP contribution is -2.08. The average Bonchev–Trinajstić information content (AvgIpc) is 2.88. The summed E-state index contributed by atoms with van der Waals surface area (Å²) >= 11 is 0. The molecular weight excluding hydrogens is 264 g/mol. The van der Waals surface area contributed by atoms with Crippen molar-refractivity contribution in [2.45, 2.75) is 46.6 Å². The van der Waals surface area contributed by atoms with Crippen molar-refractivity contribution in [1.29, 1.82) is 0 Å².